The van der Waals surface area contributed by atoms with Crippen LogP contribution in [0.3, 0.4) is 0 Å². The first-order chi connectivity index (χ1) is 10.1. The Morgan fingerprint density at radius 2 is 1.62 bits per heavy atom. The predicted octanol–water partition coefficient (Wildman–Crippen LogP) is 3.55. The Hall–Kier alpha value is -1.38. The lowest BCUT2D eigenvalue weighted by Gasteiger charge is -2.44. The van der Waals surface area contributed by atoms with E-state index < -0.39 is 0 Å². The molecule has 3 heteroatoms. The van der Waals surface area contributed by atoms with Crippen molar-refractivity contribution < 1.29 is 14.3 Å². The molecular weight excluding hydrogens is 264 g/mol. The van der Waals surface area contributed by atoms with Crippen molar-refractivity contribution in [1.29, 1.82) is 0 Å². The van der Waals surface area contributed by atoms with Crippen LogP contribution in [0.25, 0.3) is 0 Å². The van der Waals surface area contributed by atoms with Crippen molar-refractivity contribution in [1.82, 2.24) is 0 Å². The van der Waals surface area contributed by atoms with Gasteiger partial charge >= 0.3 is 11.9 Å². The molecule has 21 heavy (non-hydrogen) atoms. The topological polar surface area (TPSA) is 43.4 Å². The van der Waals surface area contributed by atoms with Crippen LogP contribution in [0.15, 0.2) is 22.3 Å². The van der Waals surface area contributed by atoms with Crippen molar-refractivity contribution in [2.24, 2.45) is 23.7 Å². The molecule has 0 amide bonds. The Balaban J connectivity index is 1.86. The van der Waals surface area contributed by atoms with Crippen LogP contribution in [-0.4, -0.2) is 11.9 Å². The van der Waals surface area contributed by atoms with Gasteiger partial charge in [-0.15, -0.1) is 0 Å². The van der Waals surface area contributed by atoms with E-state index in [4.69, 9.17) is 4.74 Å². The fourth-order valence-corrected chi connectivity index (χ4v) is 5.08. The highest BCUT2D eigenvalue weighted by Gasteiger charge is 2.57. The van der Waals surface area contributed by atoms with Crippen LogP contribution in [0.5, 0.6) is 0 Å². The monoisotopic (exact) mass is 286 g/mol. The number of carbonyl (C=O) groups is 2. The summed E-state index contributed by atoms with van der Waals surface area (Å²) < 4.78 is 5.05. The van der Waals surface area contributed by atoms with Gasteiger partial charge in [0.1, 0.15) is 0 Å². The van der Waals surface area contributed by atoms with E-state index in [1.54, 1.807) is 0 Å². The molecule has 3 aliphatic carbocycles. The van der Waals surface area contributed by atoms with Crippen molar-refractivity contribution in [2.45, 2.75) is 52.4 Å². The number of hydrogen-bond donors (Lipinski definition) is 0. The van der Waals surface area contributed by atoms with Gasteiger partial charge in [0, 0.05) is 0 Å². The van der Waals surface area contributed by atoms with Gasteiger partial charge < -0.3 is 4.74 Å². The molecule has 1 saturated heterocycles. The molecule has 4 atom stereocenters. The Bertz CT molecular complexity index is 596. The van der Waals surface area contributed by atoms with E-state index in [0.29, 0.717) is 0 Å². The third-order valence-electron chi connectivity index (χ3n) is 6.23. The molecule has 0 aromatic rings. The summed E-state index contributed by atoms with van der Waals surface area (Å²) in [6, 6.07) is 0. The smallest absolute Gasteiger partial charge is 0.318 e. The second-order valence-electron chi connectivity index (χ2n) is 7.24. The third kappa shape index (κ3) is 1.79. The lowest BCUT2D eigenvalue weighted by Crippen LogP contribution is -2.41. The Kier molecular flexibility index (Phi) is 2.88. The maximum Gasteiger partial charge on any atom is 0.318 e. The van der Waals surface area contributed by atoms with Gasteiger partial charge in [0.15, 0.2) is 0 Å². The summed E-state index contributed by atoms with van der Waals surface area (Å²) in [4.78, 5) is 24.5. The lowest BCUT2D eigenvalue weighted by atomic mass is 9.57. The van der Waals surface area contributed by atoms with Gasteiger partial charge in [-0.2, -0.15) is 0 Å². The zero-order valence-corrected chi connectivity index (χ0v) is 12.8. The lowest BCUT2D eigenvalue weighted by molar-refractivity contribution is -0.154. The van der Waals surface area contributed by atoms with Crippen LogP contribution < -0.4 is 0 Å². The molecule has 0 bridgehead atoms. The quantitative estimate of drug-likeness (QED) is 0.388. The molecule has 4 aliphatic rings. The number of cyclic esters (lactones) is 2. The van der Waals surface area contributed by atoms with Crippen molar-refractivity contribution in [2.75, 3.05) is 0 Å². The molecule has 1 saturated carbocycles. The normalized spacial score (nSPS) is 39.0. The number of rotatable bonds is 0. The van der Waals surface area contributed by atoms with Crippen molar-refractivity contribution in [3.63, 3.8) is 0 Å². The van der Waals surface area contributed by atoms with Crippen molar-refractivity contribution >= 4 is 11.9 Å². The molecule has 112 valence electrons. The summed E-state index contributed by atoms with van der Waals surface area (Å²) in [6.45, 7) is 4.38. The fraction of sp³-hybridized carbons (Fsp3) is 0.667. The highest BCUT2D eigenvalue weighted by Crippen LogP contribution is 2.55. The van der Waals surface area contributed by atoms with Crippen LogP contribution in [0, 0.1) is 23.7 Å². The standard InChI is InChI=1S/C18H22O3/c1-9-7-13-11-5-3-4-6-12(11)15-16(14(13)8-10(9)2)18(20)21-17(15)19/h12,14-16H,3-8H2,1-2H3/t12-,14+,15+,16-/m1/s1. The third-order valence-corrected chi connectivity index (χ3v) is 6.23. The molecular formula is C18H22O3. The predicted molar refractivity (Wildman–Crippen MR) is 78.2 cm³/mol. The van der Waals surface area contributed by atoms with Crippen molar-refractivity contribution in [3.8, 4) is 0 Å². The van der Waals surface area contributed by atoms with E-state index in [0.717, 1.165) is 25.7 Å². The highest BCUT2D eigenvalue weighted by atomic mass is 16.6. The largest absolute Gasteiger partial charge is 0.393 e. The Labute approximate surface area is 125 Å². The second kappa shape index (κ2) is 4.56. The zero-order chi connectivity index (χ0) is 14.7. The Morgan fingerprint density at radius 3 is 2.38 bits per heavy atom. The summed E-state index contributed by atoms with van der Waals surface area (Å²) in [6.07, 6.45) is 6.51. The van der Waals surface area contributed by atoms with Gasteiger partial charge in [0.25, 0.3) is 0 Å². The van der Waals surface area contributed by atoms with E-state index >= 15 is 0 Å². The molecule has 2 fully saturated rings. The molecule has 0 N–H and O–H groups in total. The van der Waals surface area contributed by atoms with Crippen LogP contribution in [-0.2, 0) is 14.3 Å². The molecule has 0 aromatic carbocycles. The second-order valence-corrected chi connectivity index (χ2v) is 7.24. The Morgan fingerprint density at radius 1 is 0.905 bits per heavy atom. The average Bonchev–Trinajstić information content (AvgIpc) is 2.76. The molecule has 0 unspecified atom stereocenters. The van der Waals surface area contributed by atoms with Gasteiger partial charge in [0.2, 0.25) is 0 Å². The maximum atomic E-state index is 12.3. The fourth-order valence-electron chi connectivity index (χ4n) is 5.08. The number of ether oxygens (including phenoxy) is 1. The maximum absolute atomic E-state index is 12.3. The van der Waals surface area contributed by atoms with Gasteiger partial charge in [0.05, 0.1) is 11.8 Å². The molecule has 0 spiro atoms. The first-order valence-electron chi connectivity index (χ1n) is 8.20. The highest BCUT2D eigenvalue weighted by molar-refractivity contribution is 5.97. The first kappa shape index (κ1) is 13.3. The minimum atomic E-state index is -0.260. The molecule has 0 radical (unpaired) electrons. The molecule has 1 aliphatic heterocycles. The van der Waals surface area contributed by atoms with Gasteiger partial charge in [-0.05, 0) is 57.8 Å². The van der Waals surface area contributed by atoms with Crippen molar-refractivity contribution in [3.05, 3.63) is 22.3 Å². The van der Waals surface area contributed by atoms with E-state index in [9.17, 15) is 9.59 Å². The molecule has 1 heterocycles. The van der Waals surface area contributed by atoms with Gasteiger partial charge in [-0.1, -0.05) is 28.7 Å². The summed E-state index contributed by atoms with van der Waals surface area (Å²) in [7, 11) is 0. The SMILES string of the molecule is CC1=C(C)C[C@H]2C(=C3CCCC[C@H]3[C@@H]3C(=O)OC(=O)[C@@H]32)C1. The number of fused-ring (bicyclic) bond motifs is 5. The van der Waals surface area contributed by atoms with E-state index in [1.165, 1.54) is 35.1 Å². The number of allylic oxidation sites excluding steroid dienone is 4. The van der Waals surface area contributed by atoms with Gasteiger partial charge in [-0.3, -0.25) is 9.59 Å². The van der Waals surface area contributed by atoms with E-state index in [2.05, 4.69) is 13.8 Å². The minimum absolute atomic E-state index is 0.187. The van der Waals surface area contributed by atoms with E-state index in [1.807, 2.05) is 0 Å². The number of carbonyl (C=O) groups excluding carboxylic acids is 2. The first-order valence-corrected chi connectivity index (χ1v) is 8.20. The van der Waals surface area contributed by atoms with Crippen LogP contribution in [0.2, 0.25) is 0 Å². The summed E-state index contributed by atoms with van der Waals surface area (Å²) in [5.41, 5.74) is 5.83. The molecule has 0 aromatic heterocycles. The van der Waals surface area contributed by atoms with E-state index in [-0.39, 0.29) is 35.6 Å². The minimum Gasteiger partial charge on any atom is -0.393 e. The summed E-state index contributed by atoms with van der Waals surface area (Å²) in [5.74, 6) is -0.404. The molecule has 4 rings (SSSR count). The summed E-state index contributed by atoms with van der Waals surface area (Å²) in [5, 5.41) is 0. The number of hydrogen-bond acceptors (Lipinski definition) is 3. The van der Waals surface area contributed by atoms with Gasteiger partial charge in [-0.25, -0.2) is 0 Å². The zero-order valence-electron chi connectivity index (χ0n) is 12.8. The average molecular weight is 286 g/mol. The molecule has 3 nitrogen and oxygen atoms in total. The summed E-state index contributed by atoms with van der Waals surface area (Å²) >= 11 is 0. The van der Waals surface area contributed by atoms with Crippen LogP contribution in [0.4, 0.5) is 0 Å². The van der Waals surface area contributed by atoms with Crippen LogP contribution in [0.1, 0.15) is 52.4 Å². The van der Waals surface area contributed by atoms with Crippen LogP contribution >= 0.6 is 0 Å². The number of esters is 2.